The lowest BCUT2D eigenvalue weighted by Crippen LogP contribution is -2.64. The smallest absolute Gasteiger partial charge is 0.145 e. The van der Waals surface area contributed by atoms with Crippen molar-refractivity contribution in [1.82, 2.24) is 0 Å². The van der Waals surface area contributed by atoms with E-state index in [4.69, 9.17) is 5.26 Å². The van der Waals surface area contributed by atoms with Gasteiger partial charge in [-0.1, -0.05) is 79.3 Å². The lowest BCUT2D eigenvalue weighted by atomic mass is 10.2. The molecular weight excluding hydrogens is 282 g/mol. The Morgan fingerprint density at radius 1 is 0.636 bits per heavy atom. The first-order valence-corrected chi connectivity index (χ1v) is 9.87. The molecule has 0 aliphatic carbocycles. The number of hydrogen-bond donors (Lipinski definition) is 0. The highest BCUT2D eigenvalue weighted by Gasteiger charge is 2.33. The average molecular weight is 299 g/mol. The first-order chi connectivity index (χ1) is 10.7. The fraction of sp³-hybridized carbons (Fsp3) is 0.0500. The van der Waals surface area contributed by atoms with E-state index in [2.05, 4.69) is 85.4 Å². The molecule has 22 heavy (non-hydrogen) atoms. The second kappa shape index (κ2) is 6.01. The van der Waals surface area contributed by atoms with Crippen LogP contribution in [0.15, 0.2) is 84.9 Å². The van der Waals surface area contributed by atoms with E-state index in [1.54, 1.807) is 0 Å². The third kappa shape index (κ3) is 2.47. The molecule has 0 atom stereocenters. The Balaban J connectivity index is 2.21. The van der Waals surface area contributed by atoms with Crippen LogP contribution in [0.4, 0.5) is 0 Å². The molecule has 0 heterocycles. The maximum absolute atomic E-state index is 9.03. The third-order valence-corrected chi connectivity index (χ3v) is 8.76. The van der Waals surface area contributed by atoms with Gasteiger partial charge in [-0.3, -0.25) is 0 Å². The molecule has 0 N–H and O–H groups in total. The molecule has 0 fully saturated rings. The fourth-order valence-electron chi connectivity index (χ4n) is 2.92. The van der Waals surface area contributed by atoms with E-state index in [1.807, 2.05) is 12.1 Å². The Kier molecular flexibility index (Phi) is 3.91. The topological polar surface area (TPSA) is 23.8 Å². The molecule has 3 aromatic rings. The van der Waals surface area contributed by atoms with Gasteiger partial charge in [-0.2, -0.15) is 5.26 Å². The van der Waals surface area contributed by atoms with Gasteiger partial charge in [0.1, 0.15) is 8.07 Å². The van der Waals surface area contributed by atoms with E-state index < -0.39 is 8.07 Å². The van der Waals surface area contributed by atoms with Gasteiger partial charge in [-0.25, -0.2) is 0 Å². The molecule has 2 heteroatoms. The molecule has 0 bridgehead atoms. The van der Waals surface area contributed by atoms with E-state index in [-0.39, 0.29) is 0 Å². The molecule has 0 saturated heterocycles. The number of nitriles is 1. The van der Waals surface area contributed by atoms with Gasteiger partial charge in [0, 0.05) is 0 Å². The van der Waals surface area contributed by atoms with E-state index in [9.17, 15) is 0 Å². The van der Waals surface area contributed by atoms with Crippen LogP contribution < -0.4 is 15.6 Å². The van der Waals surface area contributed by atoms with Crippen molar-refractivity contribution in [3.8, 4) is 6.07 Å². The zero-order valence-corrected chi connectivity index (χ0v) is 13.5. The Hall–Kier alpha value is -2.63. The Bertz CT molecular complexity index is 747. The van der Waals surface area contributed by atoms with Crippen molar-refractivity contribution in [3.05, 3.63) is 90.5 Å². The Morgan fingerprint density at radius 3 is 1.45 bits per heavy atom. The predicted octanol–water partition coefficient (Wildman–Crippen LogP) is 2.66. The molecule has 0 spiro atoms. The molecule has 0 aromatic heterocycles. The van der Waals surface area contributed by atoms with Gasteiger partial charge in [0.25, 0.3) is 0 Å². The van der Waals surface area contributed by atoms with Crippen LogP contribution >= 0.6 is 0 Å². The van der Waals surface area contributed by atoms with Gasteiger partial charge >= 0.3 is 0 Å². The number of rotatable bonds is 3. The summed E-state index contributed by atoms with van der Waals surface area (Å²) in [6.45, 7) is 2.37. The molecule has 0 radical (unpaired) electrons. The maximum Gasteiger partial charge on any atom is 0.145 e. The van der Waals surface area contributed by atoms with Crippen LogP contribution in [0.25, 0.3) is 0 Å². The highest BCUT2D eigenvalue weighted by molar-refractivity contribution is 7.10. The first-order valence-electron chi connectivity index (χ1n) is 7.37. The molecule has 3 aromatic carbocycles. The van der Waals surface area contributed by atoms with Gasteiger partial charge in [0.15, 0.2) is 0 Å². The minimum absolute atomic E-state index is 0.709. The zero-order valence-electron chi connectivity index (χ0n) is 12.5. The van der Waals surface area contributed by atoms with Crippen molar-refractivity contribution in [2.24, 2.45) is 0 Å². The van der Waals surface area contributed by atoms with Crippen LogP contribution in [0.1, 0.15) is 5.56 Å². The summed E-state index contributed by atoms with van der Waals surface area (Å²) >= 11 is 0. The number of hydrogen-bond acceptors (Lipinski definition) is 1. The number of nitrogens with zero attached hydrogens (tertiary/aromatic N) is 1. The molecule has 0 aliphatic rings. The molecule has 106 valence electrons. The van der Waals surface area contributed by atoms with E-state index >= 15 is 0 Å². The minimum atomic E-state index is -2.02. The highest BCUT2D eigenvalue weighted by atomic mass is 28.3. The van der Waals surface area contributed by atoms with E-state index in [0.717, 1.165) is 0 Å². The lowest BCUT2D eigenvalue weighted by Gasteiger charge is -2.29. The maximum atomic E-state index is 9.03. The molecule has 0 saturated carbocycles. The predicted molar refractivity (Wildman–Crippen MR) is 94.6 cm³/mol. The summed E-state index contributed by atoms with van der Waals surface area (Å²) in [6, 6.07) is 31.7. The summed E-state index contributed by atoms with van der Waals surface area (Å²) in [5.74, 6) is 0. The van der Waals surface area contributed by atoms with Crippen LogP contribution in [0.3, 0.4) is 0 Å². The second-order valence-electron chi connectivity index (χ2n) is 5.55. The summed E-state index contributed by atoms with van der Waals surface area (Å²) in [5.41, 5.74) is 0.709. The van der Waals surface area contributed by atoms with Crippen molar-refractivity contribution in [3.63, 3.8) is 0 Å². The largest absolute Gasteiger partial charge is 0.192 e. The van der Waals surface area contributed by atoms with Crippen LogP contribution in [0.5, 0.6) is 0 Å². The van der Waals surface area contributed by atoms with Gasteiger partial charge in [-0.05, 0) is 27.7 Å². The van der Waals surface area contributed by atoms with Crippen molar-refractivity contribution in [2.45, 2.75) is 6.55 Å². The first kappa shape index (κ1) is 14.3. The van der Waals surface area contributed by atoms with E-state index in [0.29, 0.717) is 5.56 Å². The normalized spacial score (nSPS) is 10.9. The zero-order chi connectivity index (χ0) is 15.4. The average Bonchev–Trinajstić information content (AvgIpc) is 2.62. The van der Waals surface area contributed by atoms with Gasteiger partial charge in [0.2, 0.25) is 0 Å². The third-order valence-electron chi connectivity index (χ3n) is 4.29. The van der Waals surface area contributed by atoms with Crippen molar-refractivity contribution in [1.29, 1.82) is 5.26 Å². The van der Waals surface area contributed by atoms with Crippen molar-refractivity contribution >= 4 is 23.6 Å². The second-order valence-corrected chi connectivity index (χ2v) is 9.53. The van der Waals surface area contributed by atoms with Crippen molar-refractivity contribution in [2.75, 3.05) is 0 Å². The van der Waals surface area contributed by atoms with Gasteiger partial charge in [-0.15, -0.1) is 0 Å². The lowest BCUT2D eigenvalue weighted by molar-refractivity contribution is 1.49. The van der Waals surface area contributed by atoms with Crippen LogP contribution in [0, 0.1) is 11.3 Å². The monoisotopic (exact) mass is 299 g/mol. The summed E-state index contributed by atoms with van der Waals surface area (Å²) in [4.78, 5) is 0. The molecular formula is C20H17NSi. The quantitative estimate of drug-likeness (QED) is 0.539. The Morgan fingerprint density at radius 2 is 1.05 bits per heavy atom. The minimum Gasteiger partial charge on any atom is -0.192 e. The standard InChI is InChI=1S/C20H17NSi/c1-22(18-8-4-2-5-9-18,19-10-6-3-7-11-19)20-14-12-17(16-21)13-15-20/h2-15H,1H3. The van der Waals surface area contributed by atoms with Crippen LogP contribution in [-0.2, 0) is 0 Å². The molecule has 0 amide bonds. The summed E-state index contributed by atoms with van der Waals surface area (Å²) in [5, 5.41) is 13.1. The molecule has 1 nitrogen and oxygen atoms in total. The Labute approximate surface area is 132 Å². The number of benzene rings is 3. The summed E-state index contributed by atoms with van der Waals surface area (Å²) < 4.78 is 0. The van der Waals surface area contributed by atoms with Crippen molar-refractivity contribution < 1.29 is 0 Å². The van der Waals surface area contributed by atoms with Gasteiger partial charge in [0.05, 0.1) is 11.6 Å². The molecule has 3 rings (SSSR count). The SMILES string of the molecule is C[Si](c1ccccc1)(c1ccccc1)c1ccc(C#N)cc1. The molecule has 0 aliphatic heterocycles. The molecule has 0 unspecified atom stereocenters. The van der Waals surface area contributed by atoms with E-state index in [1.165, 1.54) is 15.6 Å². The van der Waals surface area contributed by atoms with Crippen LogP contribution in [0.2, 0.25) is 6.55 Å². The fourth-order valence-corrected chi connectivity index (χ4v) is 6.47. The summed E-state index contributed by atoms with van der Waals surface area (Å²) in [6.07, 6.45) is 0. The van der Waals surface area contributed by atoms with Gasteiger partial charge < -0.3 is 0 Å². The van der Waals surface area contributed by atoms with Crippen LogP contribution in [-0.4, -0.2) is 8.07 Å². The highest BCUT2D eigenvalue weighted by Crippen LogP contribution is 2.08. The summed E-state index contributed by atoms with van der Waals surface area (Å²) in [7, 11) is -2.02.